The molecule has 0 aliphatic heterocycles. The highest BCUT2D eigenvalue weighted by atomic mass is 127. The molecule has 0 radical (unpaired) electrons. The molecule has 0 fully saturated rings. The van der Waals surface area contributed by atoms with E-state index in [9.17, 15) is 9.00 Å². The number of halogens is 1. The maximum atomic E-state index is 12.2. The van der Waals surface area contributed by atoms with E-state index in [1.54, 1.807) is 0 Å². The van der Waals surface area contributed by atoms with Gasteiger partial charge in [-0.2, -0.15) is 4.36 Å². The minimum atomic E-state index is -2.59. The van der Waals surface area contributed by atoms with Crippen molar-refractivity contribution >= 4 is 38.2 Å². The van der Waals surface area contributed by atoms with Gasteiger partial charge in [-0.3, -0.25) is 4.79 Å². The molecule has 1 amide bonds. The lowest BCUT2D eigenvalue weighted by molar-refractivity contribution is -0.115. The lowest BCUT2D eigenvalue weighted by Gasteiger charge is -2.07. The number of rotatable bonds is 1. The van der Waals surface area contributed by atoms with E-state index in [1.165, 1.54) is 13.2 Å². The largest absolute Gasteiger partial charge is 0.272 e. The summed E-state index contributed by atoms with van der Waals surface area (Å²) in [5, 5.41) is 0. The summed E-state index contributed by atoms with van der Waals surface area (Å²) in [6.45, 7) is 3.23. The maximum Gasteiger partial charge on any atom is 0.250 e. The fraction of sp³-hybridized carbons (Fsp3) is 0.300. The molecule has 0 saturated heterocycles. The van der Waals surface area contributed by atoms with Gasteiger partial charge in [0.25, 0.3) is 5.91 Å². The van der Waals surface area contributed by atoms with E-state index in [2.05, 4.69) is 27.0 Å². The van der Waals surface area contributed by atoms with Crippen molar-refractivity contribution < 1.29 is 9.00 Å². The molecule has 0 bridgehead atoms. The van der Waals surface area contributed by atoms with E-state index in [-0.39, 0.29) is 0 Å². The van der Waals surface area contributed by atoms with Crippen LogP contribution in [-0.4, -0.2) is 16.4 Å². The second-order valence-corrected chi connectivity index (χ2v) is 6.74. The van der Waals surface area contributed by atoms with Crippen molar-refractivity contribution in [3.8, 4) is 0 Å². The topological polar surface area (TPSA) is 46.5 Å². The first-order chi connectivity index (χ1) is 6.83. The van der Waals surface area contributed by atoms with Crippen LogP contribution in [0.3, 0.4) is 0 Å². The molecule has 5 heteroatoms. The third kappa shape index (κ3) is 3.27. The quantitative estimate of drug-likeness (QED) is 0.740. The Kier molecular flexibility index (Phi) is 3.88. The van der Waals surface area contributed by atoms with Crippen molar-refractivity contribution in [2.45, 2.75) is 18.7 Å². The van der Waals surface area contributed by atoms with Crippen LogP contribution < -0.4 is 0 Å². The first kappa shape index (κ1) is 12.6. The Morgan fingerprint density at radius 1 is 1.47 bits per heavy atom. The molecule has 0 aromatic heterocycles. The van der Waals surface area contributed by atoms with Crippen molar-refractivity contribution in [1.82, 2.24) is 0 Å². The summed E-state index contributed by atoms with van der Waals surface area (Å²) >= 11 is 2.10. The monoisotopic (exact) mass is 337 g/mol. The first-order valence-electron chi connectivity index (χ1n) is 4.32. The summed E-state index contributed by atoms with van der Waals surface area (Å²) in [7, 11) is -2.59. The zero-order chi connectivity index (χ0) is 11.6. The van der Waals surface area contributed by atoms with Gasteiger partial charge in [0.2, 0.25) is 0 Å². The Hall–Kier alpha value is -0.430. The molecule has 0 heterocycles. The number of amides is 1. The van der Waals surface area contributed by atoms with Crippen LogP contribution in [0.25, 0.3) is 0 Å². The molecule has 3 nitrogen and oxygen atoms in total. The van der Waals surface area contributed by atoms with Gasteiger partial charge in [-0.15, -0.1) is 0 Å². The van der Waals surface area contributed by atoms with E-state index < -0.39 is 15.6 Å². The second-order valence-electron chi connectivity index (χ2n) is 3.35. The van der Waals surface area contributed by atoms with Crippen molar-refractivity contribution in [2.75, 3.05) is 6.26 Å². The van der Waals surface area contributed by atoms with E-state index >= 15 is 0 Å². The summed E-state index contributed by atoms with van der Waals surface area (Å²) in [6.07, 6.45) is 1.49. The fourth-order valence-corrected chi connectivity index (χ4v) is 4.18. The molecule has 1 rings (SSSR count). The molecule has 1 aromatic carbocycles. The Morgan fingerprint density at radius 3 is 2.60 bits per heavy atom. The highest BCUT2D eigenvalue weighted by molar-refractivity contribution is 14.1. The summed E-state index contributed by atoms with van der Waals surface area (Å²) in [6, 6.07) is 5.63. The van der Waals surface area contributed by atoms with Gasteiger partial charge in [0, 0.05) is 16.7 Å². The first-order valence-corrected chi connectivity index (χ1v) is 7.32. The lowest BCUT2D eigenvalue weighted by atomic mass is 10.2. The number of benzene rings is 1. The molecule has 0 N–H and O–H groups in total. The smallest absolute Gasteiger partial charge is 0.250 e. The normalized spacial score (nSPS) is 14.4. The standard InChI is InChI=1S/C10H12INO2S/c1-7-4-5-9(11)10(6-7)15(3,14)12-8(2)13/h4-6H,1-3H3. The number of hydrogen-bond acceptors (Lipinski definition) is 2. The SMILES string of the molecule is CC(=O)N=S(C)(=O)c1cc(C)ccc1I. The number of nitrogens with zero attached hydrogens (tertiary/aromatic N) is 1. The zero-order valence-corrected chi connectivity index (χ0v) is 11.8. The van der Waals surface area contributed by atoms with Crippen LogP contribution in [0.5, 0.6) is 0 Å². The van der Waals surface area contributed by atoms with Crippen LogP contribution in [0.15, 0.2) is 27.5 Å². The van der Waals surface area contributed by atoms with E-state index in [4.69, 9.17) is 0 Å². The average molecular weight is 337 g/mol. The predicted molar refractivity (Wildman–Crippen MR) is 69.3 cm³/mol. The molecule has 0 aliphatic carbocycles. The Labute approximate surface area is 104 Å². The Bertz CT molecular complexity index is 516. The van der Waals surface area contributed by atoms with Crippen molar-refractivity contribution in [3.05, 3.63) is 27.3 Å². The fourth-order valence-electron chi connectivity index (χ4n) is 1.20. The Morgan fingerprint density at radius 2 is 2.07 bits per heavy atom. The van der Waals surface area contributed by atoms with Gasteiger partial charge in [0.05, 0.1) is 14.6 Å². The van der Waals surface area contributed by atoms with E-state index in [1.807, 2.05) is 25.1 Å². The molecule has 82 valence electrons. The van der Waals surface area contributed by atoms with Crippen LogP contribution >= 0.6 is 22.6 Å². The third-order valence-corrected chi connectivity index (χ3v) is 4.86. The van der Waals surface area contributed by atoms with Crippen molar-refractivity contribution in [1.29, 1.82) is 0 Å². The van der Waals surface area contributed by atoms with Crippen molar-refractivity contribution in [2.24, 2.45) is 4.36 Å². The molecule has 15 heavy (non-hydrogen) atoms. The molecule has 0 aliphatic rings. The average Bonchev–Trinajstić information content (AvgIpc) is 2.06. The molecule has 0 spiro atoms. The van der Waals surface area contributed by atoms with Gasteiger partial charge >= 0.3 is 0 Å². The third-order valence-electron chi connectivity index (χ3n) is 1.80. The maximum absolute atomic E-state index is 12.2. The van der Waals surface area contributed by atoms with Crippen LogP contribution in [0.1, 0.15) is 12.5 Å². The van der Waals surface area contributed by atoms with Crippen LogP contribution in [0, 0.1) is 10.5 Å². The van der Waals surface area contributed by atoms with Crippen molar-refractivity contribution in [3.63, 3.8) is 0 Å². The number of aryl methyl sites for hydroxylation is 1. The number of carbonyl (C=O) groups excluding carboxylic acids is 1. The van der Waals surface area contributed by atoms with E-state index in [0.717, 1.165) is 9.13 Å². The van der Waals surface area contributed by atoms with E-state index in [0.29, 0.717) is 4.90 Å². The summed E-state index contributed by atoms with van der Waals surface area (Å²) in [5.74, 6) is -0.403. The molecule has 0 saturated carbocycles. The molecule has 1 atom stereocenters. The molecule has 1 unspecified atom stereocenters. The van der Waals surface area contributed by atoms with Crippen LogP contribution in [-0.2, 0) is 14.5 Å². The highest BCUT2D eigenvalue weighted by Crippen LogP contribution is 2.21. The lowest BCUT2D eigenvalue weighted by Crippen LogP contribution is -2.03. The Balaban J connectivity index is 3.46. The second kappa shape index (κ2) is 4.61. The van der Waals surface area contributed by atoms with Gasteiger partial charge in [0.1, 0.15) is 0 Å². The minimum absolute atomic E-state index is 0.403. The van der Waals surface area contributed by atoms with Gasteiger partial charge in [0.15, 0.2) is 0 Å². The summed E-state index contributed by atoms with van der Waals surface area (Å²) < 4.78 is 16.7. The molecule has 1 aromatic rings. The minimum Gasteiger partial charge on any atom is -0.272 e. The molecular formula is C10H12INO2S. The van der Waals surface area contributed by atoms with Gasteiger partial charge < -0.3 is 0 Å². The van der Waals surface area contributed by atoms with Gasteiger partial charge in [-0.1, -0.05) is 6.07 Å². The summed E-state index contributed by atoms with van der Waals surface area (Å²) in [5.41, 5.74) is 1.01. The van der Waals surface area contributed by atoms with Crippen LogP contribution in [0.4, 0.5) is 0 Å². The summed E-state index contributed by atoms with van der Waals surface area (Å²) in [4.78, 5) is 11.5. The number of carbonyl (C=O) groups is 1. The number of hydrogen-bond donors (Lipinski definition) is 0. The highest BCUT2D eigenvalue weighted by Gasteiger charge is 2.11. The van der Waals surface area contributed by atoms with Gasteiger partial charge in [-0.25, -0.2) is 4.21 Å². The zero-order valence-electron chi connectivity index (χ0n) is 8.78. The van der Waals surface area contributed by atoms with Gasteiger partial charge in [-0.05, 0) is 47.2 Å². The van der Waals surface area contributed by atoms with Crippen LogP contribution in [0.2, 0.25) is 0 Å². The predicted octanol–water partition coefficient (Wildman–Crippen LogP) is 2.60. The molecular weight excluding hydrogens is 325 g/mol.